The molecule has 7 nitrogen and oxygen atoms in total. The molecule has 2 aromatic rings. The zero-order valence-electron chi connectivity index (χ0n) is 14.4. The van der Waals surface area contributed by atoms with Crippen LogP contribution in [0.4, 0.5) is 0 Å². The number of para-hydroxylation sites is 1. The number of aromatic amines is 1. The summed E-state index contributed by atoms with van der Waals surface area (Å²) in [6, 6.07) is 8.65. The first kappa shape index (κ1) is 17.4. The average molecular weight is 345 g/mol. The van der Waals surface area contributed by atoms with Crippen LogP contribution in [0.2, 0.25) is 0 Å². The van der Waals surface area contributed by atoms with E-state index in [0.717, 1.165) is 34.9 Å². The molecule has 0 radical (unpaired) electrons. The van der Waals surface area contributed by atoms with E-state index < -0.39 is 17.1 Å². The van der Waals surface area contributed by atoms with Gasteiger partial charge in [0.1, 0.15) is 0 Å². The molecule has 1 atom stereocenters. The fraction of sp³-hybridized carbons (Fsp3) is 0.500. The molecule has 1 unspecified atom stereocenters. The first-order valence-corrected chi connectivity index (χ1v) is 8.77. The van der Waals surface area contributed by atoms with Crippen LogP contribution in [-0.4, -0.2) is 26.7 Å². The number of nitrogens with one attached hydrogen (secondary N) is 1. The molecule has 0 aliphatic heterocycles. The first-order chi connectivity index (χ1) is 12.1. The van der Waals surface area contributed by atoms with Gasteiger partial charge in [0.05, 0.1) is 5.69 Å². The predicted molar refractivity (Wildman–Crippen MR) is 93.0 cm³/mol. The third kappa shape index (κ3) is 3.11. The van der Waals surface area contributed by atoms with Crippen LogP contribution in [0.15, 0.2) is 39.9 Å². The largest absolute Gasteiger partial charge is 0.354 e. The van der Waals surface area contributed by atoms with Gasteiger partial charge >= 0.3 is 11.4 Å². The minimum absolute atomic E-state index is 0.155. The number of aromatic nitrogens is 3. The van der Waals surface area contributed by atoms with E-state index in [9.17, 15) is 14.4 Å². The van der Waals surface area contributed by atoms with Crippen LogP contribution in [0.1, 0.15) is 45.4 Å². The van der Waals surface area contributed by atoms with E-state index in [1.807, 2.05) is 0 Å². The van der Waals surface area contributed by atoms with E-state index in [4.69, 9.17) is 4.74 Å². The van der Waals surface area contributed by atoms with Gasteiger partial charge in [-0.3, -0.25) is 4.79 Å². The molecule has 0 bridgehead atoms. The lowest BCUT2D eigenvalue weighted by molar-refractivity contribution is -0.167. The van der Waals surface area contributed by atoms with Crippen molar-refractivity contribution in [3.8, 4) is 5.69 Å². The number of hydrogen-bond donors (Lipinski definition) is 1. The Labute approximate surface area is 145 Å². The summed E-state index contributed by atoms with van der Waals surface area (Å²) >= 11 is 0. The molecule has 1 saturated carbocycles. The molecule has 1 fully saturated rings. The molecule has 1 aliphatic carbocycles. The Kier molecular flexibility index (Phi) is 5.03. The Morgan fingerprint density at radius 2 is 1.80 bits per heavy atom. The molecule has 7 heteroatoms. The van der Waals surface area contributed by atoms with Crippen molar-refractivity contribution in [1.82, 2.24) is 14.3 Å². The van der Waals surface area contributed by atoms with E-state index in [1.165, 1.54) is 0 Å². The zero-order chi connectivity index (χ0) is 17.9. The molecule has 1 heterocycles. The third-order valence-corrected chi connectivity index (χ3v) is 4.66. The fourth-order valence-corrected chi connectivity index (χ4v) is 3.46. The highest BCUT2D eigenvalue weighted by molar-refractivity contribution is 5.85. The number of nitrogens with zero attached hydrogens (tertiary/aromatic N) is 2. The van der Waals surface area contributed by atoms with Crippen LogP contribution in [0.25, 0.3) is 5.69 Å². The Morgan fingerprint density at radius 3 is 2.52 bits per heavy atom. The van der Waals surface area contributed by atoms with Crippen molar-refractivity contribution < 1.29 is 9.53 Å². The maximum absolute atomic E-state index is 13.0. The van der Waals surface area contributed by atoms with E-state index in [-0.39, 0.29) is 12.4 Å². The lowest BCUT2D eigenvalue weighted by Gasteiger charge is -2.33. The molecule has 1 aromatic heterocycles. The summed E-state index contributed by atoms with van der Waals surface area (Å²) in [5, 5.41) is 2.55. The molecule has 3 rings (SSSR count). The van der Waals surface area contributed by atoms with E-state index in [0.29, 0.717) is 18.5 Å². The van der Waals surface area contributed by atoms with Gasteiger partial charge in [0.2, 0.25) is 5.72 Å². The molecule has 1 aromatic carbocycles. The van der Waals surface area contributed by atoms with Gasteiger partial charge < -0.3 is 4.74 Å². The van der Waals surface area contributed by atoms with Gasteiger partial charge in [0.15, 0.2) is 5.78 Å². The summed E-state index contributed by atoms with van der Waals surface area (Å²) in [5.74, 6) is -0.155. The quantitative estimate of drug-likeness (QED) is 0.917. The number of hydrogen-bond acceptors (Lipinski definition) is 4. The Balaban J connectivity index is 2.16. The van der Waals surface area contributed by atoms with Crippen LogP contribution in [-0.2, 0) is 15.3 Å². The second-order valence-corrected chi connectivity index (χ2v) is 6.26. The third-order valence-electron chi connectivity index (χ3n) is 4.66. The van der Waals surface area contributed by atoms with Gasteiger partial charge in [-0.2, -0.15) is 4.68 Å². The van der Waals surface area contributed by atoms with Crippen molar-refractivity contribution in [3.05, 3.63) is 51.3 Å². The normalized spacial score (nSPS) is 21.7. The van der Waals surface area contributed by atoms with Crippen molar-refractivity contribution >= 4 is 5.78 Å². The summed E-state index contributed by atoms with van der Waals surface area (Å²) in [7, 11) is 0. The van der Waals surface area contributed by atoms with Crippen LogP contribution in [0, 0.1) is 0 Å². The molecular weight excluding hydrogens is 322 g/mol. The summed E-state index contributed by atoms with van der Waals surface area (Å²) in [4.78, 5) is 38.3. The highest BCUT2D eigenvalue weighted by atomic mass is 16.5. The number of rotatable bonds is 4. The van der Waals surface area contributed by atoms with Crippen LogP contribution >= 0.6 is 0 Å². The van der Waals surface area contributed by atoms with Crippen molar-refractivity contribution in [2.45, 2.75) is 51.2 Å². The monoisotopic (exact) mass is 345 g/mol. The van der Waals surface area contributed by atoms with Crippen molar-refractivity contribution in [3.63, 3.8) is 0 Å². The van der Waals surface area contributed by atoms with Crippen molar-refractivity contribution in [2.75, 3.05) is 6.61 Å². The number of ketones is 1. The number of Topliss-reactive ketones (excluding diaryl/α,β-unsaturated/α-hetero) is 1. The second kappa shape index (κ2) is 7.23. The summed E-state index contributed by atoms with van der Waals surface area (Å²) in [5.41, 5.74) is -2.13. The molecule has 1 N–H and O–H groups in total. The number of benzene rings is 1. The van der Waals surface area contributed by atoms with Gasteiger partial charge in [0, 0.05) is 19.4 Å². The molecule has 0 spiro atoms. The van der Waals surface area contributed by atoms with Gasteiger partial charge in [-0.25, -0.2) is 19.3 Å². The Hall–Kier alpha value is -2.41. The standard InChI is InChI=1S/C18H23N3O4/c1-2-25-18(13-9-4-3-8-12-15(18)22)21-17(24)20(16(23)19-21)14-10-6-5-7-11-14/h5-7,10-11H,2-4,8-9,12-13H2,1H3,(H,19,23). The van der Waals surface area contributed by atoms with Crippen LogP contribution < -0.4 is 11.4 Å². The number of H-pyrrole nitrogens is 1. The minimum atomic E-state index is -1.43. The molecule has 25 heavy (non-hydrogen) atoms. The minimum Gasteiger partial charge on any atom is -0.347 e. The van der Waals surface area contributed by atoms with Gasteiger partial charge in [-0.15, -0.1) is 0 Å². The maximum Gasteiger partial charge on any atom is 0.354 e. The highest BCUT2D eigenvalue weighted by Gasteiger charge is 2.43. The van der Waals surface area contributed by atoms with Gasteiger partial charge in [-0.05, 0) is 31.9 Å². The molecule has 0 saturated heterocycles. The number of ether oxygens (including phenoxy) is 1. The number of carbonyl (C=O) groups excluding carboxylic acids is 1. The smallest absolute Gasteiger partial charge is 0.347 e. The molecule has 134 valence electrons. The molecular formula is C18H23N3O4. The second-order valence-electron chi connectivity index (χ2n) is 6.26. The average Bonchev–Trinajstić information content (AvgIpc) is 2.90. The maximum atomic E-state index is 13.0. The summed E-state index contributed by atoms with van der Waals surface area (Å²) < 4.78 is 7.95. The Morgan fingerprint density at radius 1 is 1.08 bits per heavy atom. The van der Waals surface area contributed by atoms with Crippen molar-refractivity contribution in [2.24, 2.45) is 0 Å². The lowest BCUT2D eigenvalue weighted by Crippen LogP contribution is -2.50. The van der Waals surface area contributed by atoms with Gasteiger partial charge in [0.25, 0.3) is 0 Å². The highest BCUT2D eigenvalue weighted by Crippen LogP contribution is 2.30. The predicted octanol–water partition coefficient (Wildman–Crippen LogP) is 1.94. The van der Waals surface area contributed by atoms with E-state index in [2.05, 4.69) is 5.10 Å². The number of carbonyl (C=O) groups is 1. The fourth-order valence-electron chi connectivity index (χ4n) is 3.46. The molecule has 0 amide bonds. The van der Waals surface area contributed by atoms with E-state index >= 15 is 0 Å². The summed E-state index contributed by atoms with van der Waals surface area (Å²) in [6.07, 6.45) is 4.22. The molecule has 1 aliphatic rings. The van der Waals surface area contributed by atoms with E-state index in [1.54, 1.807) is 37.3 Å². The topological polar surface area (TPSA) is 86.1 Å². The Bertz CT molecular complexity index is 849. The van der Waals surface area contributed by atoms with Crippen LogP contribution in [0.5, 0.6) is 0 Å². The summed E-state index contributed by atoms with van der Waals surface area (Å²) in [6.45, 7) is 2.06. The first-order valence-electron chi connectivity index (χ1n) is 8.77. The zero-order valence-corrected chi connectivity index (χ0v) is 14.4. The van der Waals surface area contributed by atoms with Crippen molar-refractivity contribution in [1.29, 1.82) is 0 Å². The SMILES string of the molecule is CCOC1(n2[nH]c(=O)n(-c3ccccc3)c2=O)CCCCCCC1=O. The van der Waals surface area contributed by atoms with Crippen LogP contribution in [0.3, 0.4) is 0 Å². The van der Waals surface area contributed by atoms with Gasteiger partial charge in [-0.1, -0.05) is 31.0 Å². The lowest BCUT2D eigenvalue weighted by atomic mass is 9.92.